The number of carbonyl (C=O) groups excluding carboxylic acids is 2. The van der Waals surface area contributed by atoms with Crippen LogP contribution in [-0.4, -0.2) is 50.1 Å². The van der Waals surface area contributed by atoms with E-state index in [1.54, 1.807) is 30.5 Å². The number of rotatable bonds is 6. The van der Waals surface area contributed by atoms with Gasteiger partial charge in [0.1, 0.15) is 22.9 Å². The van der Waals surface area contributed by atoms with Crippen molar-refractivity contribution in [3.05, 3.63) is 83.3 Å². The Bertz CT molecular complexity index is 1390. The van der Waals surface area contributed by atoms with Crippen molar-refractivity contribution in [2.75, 3.05) is 23.7 Å². The molecule has 1 atom stereocenters. The second-order valence-corrected chi connectivity index (χ2v) is 9.18. The van der Waals surface area contributed by atoms with E-state index in [1.807, 2.05) is 29.2 Å². The maximum Gasteiger partial charge on any atom is 0.321 e. The van der Waals surface area contributed by atoms with Crippen molar-refractivity contribution < 1.29 is 9.59 Å². The minimum atomic E-state index is -0.646. The lowest BCUT2D eigenvalue weighted by molar-refractivity contribution is 0.100. The third kappa shape index (κ3) is 5.54. The molecule has 5 N–H and O–H groups in total. The Morgan fingerprint density at radius 2 is 1.86 bits per heavy atom. The predicted octanol–water partition coefficient (Wildman–Crippen LogP) is 4.77. The predicted molar refractivity (Wildman–Crippen MR) is 142 cm³/mol. The lowest BCUT2D eigenvalue weighted by atomic mass is 9.91. The summed E-state index contributed by atoms with van der Waals surface area (Å²) in [5.74, 6) is 0.388. The Morgan fingerprint density at radius 3 is 2.57 bits per heavy atom. The highest BCUT2D eigenvalue weighted by atomic mass is 35.5. The summed E-state index contributed by atoms with van der Waals surface area (Å²) in [5.41, 5.74) is 8.71. The number of urea groups is 1. The molecule has 0 spiro atoms. The van der Waals surface area contributed by atoms with Gasteiger partial charge in [-0.3, -0.25) is 14.9 Å². The van der Waals surface area contributed by atoms with Crippen molar-refractivity contribution in [3.8, 4) is 11.3 Å². The number of hydrogen-bond donors (Lipinski definition) is 4. The minimum Gasteiger partial charge on any atom is -0.365 e. The molecular weight excluding hydrogens is 492 g/mol. The van der Waals surface area contributed by atoms with E-state index >= 15 is 0 Å². The molecule has 3 heterocycles. The lowest BCUT2D eigenvalue weighted by Crippen LogP contribution is -2.41. The Balaban J connectivity index is 1.27. The summed E-state index contributed by atoms with van der Waals surface area (Å²) < 4.78 is 0. The van der Waals surface area contributed by atoms with E-state index in [4.69, 9.17) is 17.3 Å². The highest BCUT2D eigenvalue weighted by Crippen LogP contribution is 2.30. The third-order valence-electron chi connectivity index (χ3n) is 6.29. The number of H-pyrrole nitrogens is 1. The van der Waals surface area contributed by atoms with Crippen LogP contribution in [0.4, 0.5) is 22.1 Å². The van der Waals surface area contributed by atoms with Gasteiger partial charge in [-0.2, -0.15) is 5.10 Å². The molecular formula is C26H25ClN8O2. The maximum absolute atomic E-state index is 13.0. The van der Waals surface area contributed by atoms with Crippen molar-refractivity contribution in [2.45, 2.75) is 18.8 Å². The molecule has 0 bridgehead atoms. The Labute approximate surface area is 218 Å². The van der Waals surface area contributed by atoms with E-state index in [0.29, 0.717) is 46.7 Å². The van der Waals surface area contributed by atoms with Gasteiger partial charge in [0.15, 0.2) is 0 Å². The van der Waals surface area contributed by atoms with E-state index in [2.05, 4.69) is 30.8 Å². The molecule has 1 fully saturated rings. The van der Waals surface area contributed by atoms with Crippen LogP contribution in [0.2, 0.25) is 5.02 Å². The molecule has 1 aliphatic heterocycles. The Kier molecular flexibility index (Phi) is 7.00. The van der Waals surface area contributed by atoms with Gasteiger partial charge >= 0.3 is 6.03 Å². The number of nitrogens with one attached hydrogen (secondary N) is 3. The van der Waals surface area contributed by atoms with Crippen LogP contribution in [0, 0.1) is 0 Å². The molecule has 37 heavy (non-hydrogen) atoms. The summed E-state index contributed by atoms with van der Waals surface area (Å²) in [6.45, 7) is 1.34. The summed E-state index contributed by atoms with van der Waals surface area (Å²) in [6, 6.07) is 14.7. The SMILES string of the molecule is NC(=O)c1c(-c2ccc(NC(=O)N3CCCC(c4ccc(Cl)cc4)C3)cc2)n[nH]c1Nc1cnccn1. The van der Waals surface area contributed by atoms with E-state index in [9.17, 15) is 9.59 Å². The number of aromatic amines is 1. The molecule has 0 aliphatic carbocycles. The number of nitrogens with zero attached hydrogens (tertiary/aromatic N) is 4. The fourth-order valence-corrected chi connectivity index (χ4v) is 4.58. The zero-order valence-electron chi connectivity index (χ0n) is 19.8. The number of anilines is 3. The van der Waals surface area contributed by atoms with Crippen LogP contribution >= 0.6 is 11.6 Å². The molecule has 2 aromatic carbocycles. The first-order valence-corrected chi connectivity index (χ1v) is 12.2. The zero-order chi connectivity index (χ0) is 25.8. The average molecular weight is 517 g/mol. The van der Waals surface area contributed by atoms with Gasteiger partial charge in [0.05, 0.1) is 6.20 Å². The van der Waals surface area contributed by atoms with Gasteiger partial charge in [0.25, 0.3) is 5.91 Å². The smallest absolute Gasteiger partial charge is 0.321 e. The molecule has 1 aliphatic rings. The van der Waals surface area contributed by atoms with Crippen molar-refractivity contribution in [2.24, 2.45) is 5.73 Å². The van der Waals surface area contributed by atoms with Gasteiger partial charge in [-0.05, 0) is 42.7 Å². The molecule has 5 rings (SSSR count). The minimum absolute atomic E-state index is 0.153. The molecule has 11 heteroatoms. The Hall–Kier alpha value is -4.44. The molecule has 4 aromatic rings. The van der Waals surface area contributed by atoms with Crippen molar-refractivity contribution >= 4 is 40.9 Å². The number of halogens is 1. The largest absolute Gasteiger partial charge is 0.365 e. The van der Waals surface area contributed by atoms with Crippen molar-refractivity contribution in [1.29, 1.82) is 0 Å². The highest BCUT2D eigenvalue weighted by molar-refractivity contribution is 6.30. The molecule has 10 nitrogen and oxygen atoms in total. The van der Waals surface area contributed by atoms with Crippen LogP contribution in [0.25, 0.3) is 11.3 Å². The second-order valence-electron chi connectivity index (χ2n) is 8.75. The van der Waals surface area contributed by atoms with E-state index < -0.39 is 5.91 Å². The second kappa shape index (κ2) is 10.7. The van der Waals surface area contributed by atoms with Gasteiger partial charge < -0.3 is 21.3 Å². The van der Waals surface area contributed by atoms with Crippen LogP contribution < -0.4 is 16.4 Å². The van der Waals surface area contributed by atoms with E-state index in [-0.39, 0.29) is 17.5 Å². The summed E-state index contributed by atoms with van der Waals surface area (Å²) >= 11 is 6.02. The molecule has 188 valence electrons. The van der Waals surface area contributed by atoms with Crippen LogP contribution in [0.5, 0.6) is 0 Å². The number of piperidine rings is 1. The fourth-order valence-electron chi connectivity index (χ4n) is 4.46. The summed E-state index contributed by atoms with van der Waals surface area (Å²) in [7, 11) is 0. The average Bonchev–Trinajstić information content (AvgIpc) is 3.34. The molecule has 2 aromatic heterocycles. The first kappa shape index (κ1) is 24.3. The number of hydrogen-bond acceptors (Lipinski definition) is 6. The van der Waals surface area contributed by atoms with Gasteiger partial charge in [0, 0.05) is 47.7 Å². The van der Waals surface area contributed by atoms with Crippen LogP contribution in [-0.2, 0) is 0 Å². The lowest BCUT2D eigenvalue weighted by Gasteiger charge is -2.33. The summed E-state index contributed by atoms with van der Waals surface area (Å²) in [5, 5.41) is 13.7. The molecule has 1 unspecified atom stereocenters. The number of primary amides is 1. The first-order chi connectivity index (χ1) is 18.0. The van der Waals surface area contributed by atoms with Gasteiger partial charge in [-0.1, -0.05) is 35.9 Å². The number of carbonyl (C=O) groups is 2. The molecule has 3 amide bonds. The van der Waals surface area contributed by atoms with Crippen LogP contribution in [0.1, 0.15) is 34.7 Å². The maximum atomic E-state index is 13.0. The normalized spacial score (nSPS) is 15.3. The molecule has 0 saturated carbocycles. The summed E-state index contributed by atoms with van der Waals surface area (Å²) in [6.07, 6.45) is 6.54. The highest BCUT2D eigenvalue weighted by Gasteiger charge is 2.25. The fraction of sp³-hybridized carbons (Fsp3) is 0.192. The Morgan fingerprint density at radius 1 is 1.08 bits per heavy atom. The monoisotopic (exact) mass is 516 g/mol. The van der Waals surface area contributed by atoms with Crippen LogP contribution in [0.15, 0.2) is 67.1 Å². The van der Waals surface area contributed by atoms with E-state index in [1.165, 1.54) is 18.0 Å². The zero-order valence-corrected chi connectivity index (χ0v) is 20.6. The number of aromatic nitrogens is 4. The summed E-state index contributed by atoms with van der Waals surface area (Å²) in [4.78, 5) is 35.1. The quantitative estimate of drug-likeness (QED) is 0.290. The third-order valence-corrected chi connectivity index (χ3v) is 6.54. The van der Waals surface area contributed by atoms with Gasteiger partial charge in [0.2, 0.25) is 0 Å². The molecule has 1 saturated heterocycles. The number of benzene rings is 2. The van der Waals surface area contributed by atoms with Crippen LogP contribution in [0.3, 0.4) is 0 Å². The number of amides is 3. The van der Waals surface area contributed by atoms with Gasteiger partial charge in [-0.15, -0.1) is 0 Å². The van der Waals surface area contributed by atoms with Crippen molar-refractivity contribution in [1.82, 2.24) is 25.1 Å². The van der Waals surface area contributed by atoms with Gasteiger partial charge in [-0.25, -0.2) is 9.78 Å². The molecule has 0 radical (unpaired) electrons. The number of likely N-dealkylation sites (tertiary alicyclic amines) is 1. The topological polar surface area (TPSA) is 142 Å². The number of nitrogens with two attached hydrogens (primary N) is 1. The standard InChI is InChI=1S/C26H25ClN8O2/c27-19-7-3-16(4-8-19)18-2-1-13-35(15-18)26(37)31-20-9-5-17(6-10-20)23-22(24(28)36)25(34-33-23)32-21-14-29-11-12-30-21/h3-12,14,18H,1-2,13,15H2,(H2,28,36)(H,31,37)(H2,30,32,33,34). The van der Waals surface area contributed by atoms with Crippen molar-refractivity contribution in [3.63, 3.8) is 0 Å². The van der Waals surface area contributed by atoms with E-state index in [0.717, 1.165) is 12.8 Å². The first-order valence-electron chi connectivity index (χ1n) is 11.8.